The Balaban J connectivity index is 1.82. The van der Waals surface area contributed by atoms with E-state index in [0.29, 0.717) is 11.4 Å². The minimum atomic E-state index is -0.665. The molecule has 0 unspecified atom stereocenters. The van der Waals surface area contributed by atoms with Gasteiger partial charge in [0.15, 0.2) is 0 Å². The lowest BCUT2D eigenvalue weighted by atomic mass is 10.3. The van der Waals surface area contributed by atoms with Crippen molar-refractivity contribution in [1.29, 1.82) is 0 Å². The number of amides is 1. The molecule has 0 aliphatic heterocycles. The smallest absolute Gasteiger partial charge is 0.319 e. The lowest BCUT2D eigenvalue weighted by Gasteiger charge is -2.10. The van der Waals surface area contributed by atoms with E-state index in [4.69, 9.17) is 0 Å². The van der Waals surface area contributed by atoms with E-state index >= 15 is 0 Å². The molecule has 3 rings (SSSR count). The number of rotatable bonds is 6. The van der Waals surface area contributed by atoms with Crippen LogP contribution < -0.4 is 16.2 Å². The number of nitro groups is 1. The fraction of sp³-hybridized carbons (Fsp3) is 0. The van der Waals surface area contributed by atoms with E-state index in [1.54, 1.807) is 12.1 Å². The third kappa shape index (κ3) is 4.49. The summed E-state index contributed by atoms with van der Waals surface area (Å²) in [6, 6.07) is 6.33. The third-order valence-corrected chi connectivity index (χ3v) is 3.68. The van der Waals surface area contributed by atoms with Crippen molar-refractivity contribution >= 4 is 45.0 Å². The summed E-state index contributed by atoms with van der Waals surface area (Å²) >= 11 is 3.26. The predicted octanol–water partition coefficient (Wildman–Crippen LogP) is 2.44. The standard InChI is InChI=1S/C15H11BrN8O3/c16-10-1-2-11(18-7-10)21-13-12(24(26)27)14(20-8-19-13)22-23-15(25)9-3-5-17-6-4-9/h1-8H,(H,23,25)(H2,18,19,20,21,22). The normalized spacial score (nSPS) is 10.1. The van der Waals surface area contributed by atoms with Crippen molar-refractivity contribution in [2.24, 2.45) is 0 Å². The Kier molecular flexibility index (Phi) is 5.47. The molecule has 11 nitrogen and oxygen atoms in total. The molecule has 0 fully saturated rings. The molecule has 3 aromatic heterocycles. The summed E-state index contributed by atoms with van der Waals surface area (Å²) in [5.74, 6) is -0.413. The maximum absolute atomic E-state index is 12.1. The van der Waals surface area contributed by atoms with Gasteiger partial charge in [-0.3, -0.25) is 30.7 Å². The molecule has 136 valence electrons. The number of hydrogen-bond donors (Lipinski definition) is 3. The van der Waals surface area contributed by atoms with E-state index in [2.05, 4.69) is 52.0 Å². The van der Waals surface area contributed by atoms with Crippen molar-refractivity contribution in [3.8, 4) is 0 Å². The molecule has 12 heteroatoms. The number of aromatic nitrogens is 4. The summed E-state index contributed by atoms with van der Waals surface area (Å²) < 4.78 is 0.756. The highest BCUT2D eigenvalue weighted by atomic mass is 79.9. The topological polar surface area (TPSA) is 148 Å². The van der Waals surface area contributed by atoms with Gasteiger partial charge in [-0.2, -0.15) is 0 Å². The summed E-state index contributed by atoms with van der Waals surface area (Å²) in [5, 5.41) is 14.3. The second kappa shape index (κ2) is 8.14. The molecule has 27 heavy (non-hydrogen) atoms. The van der Waals surface area contributed by atoms with Crippen LogP contribution in [-0.2, 0) is 0 Å². The zero-order valence-electron chi connectivity index (χ0n) is 13.5. The minimum absolute atomic E-state index is 0.0783. The Morgan fingerprint density at radius 3 is 2.48 bits per heavy atom. The van der Waals surface area contributed by atoms with Gasteiger partial charge in [0.05, 0.1) is 4.92 Å². The lowest BCUT2D eigenvalue weighted by molar-refractivity contribution is -0.383. The van der Waals surface area contributed by atoms with Gasteiger partial charge in [-0.05, 0) is 40.2 Å². The molecule has 0 bridgehead atoms. The van der Waals surface area contributed by atoms with Crippen LogP contribution >= 0.6 is 15.9 Å². The number of pyridine rings is 2. The zero-order chi connectivity index (χ0) is 19.2. The van der Waals surface area contributed by atoms with Crippen LogP contribution in [0.1, 0.15) is 10.4 Å². The molecule has 0 saturated carbocycles. The summed E-state index contributed by atoms with van der Waals surface area (Å²) in [4.78, 5) is 38.5. The molecular weight excluding hydrogens is 420 g/mol. The van der Waals surface area contributed by atoms with E-state index in [-0.39, 0.29) is 11.6 Å². The Morgan fingerprint density at radius 2 is 1.81 bits per heavy atom. The van der Waals surface area contributed by atoms with E-state index in [1.807, 2.05) is 0 Å². The van der Waals surface area contributed by atoms with Crippen LogP contribution in [-0.4, -0.2) is 30.8 Å². The quantitative estimate of drug-likeness (QED) is 0.395. The van der Waals surface area contributed by atoms with Crippen molar-refractivity contribution in [3.63, 3.8) is 0 Å². The average molecular weight is 431 g/mol. The van der Waals surface area contributed by atoms with Crippen LogP contribution in [0.5, 0.6) is 0 Å². The zero-order valence-corrected chi connectivity index (χ0v) is 15.0. The first kappa shape index (κ1) is 18.1. The number of carbonyl (C=O) groups excluding carboxylic acids is 1. The molecule has 0 spiro atoms. The number of nitrogens with zero attached hydrogens (tertiary/aromatic N) is 5. The van der Waals surface area contributed by atoms with Crippen LogP contribution in [0.2, 0.25) is 0 Å². The molecular formula is C15H11BrN8O3. The molecule has 3 heterocycles. The molecule has 3 aromatic rings. The molecule has 0 aromatic carbocycles. The molecule has 1 amide bonds. The van der Waals surface area contributed by atoms with Gasteiger partial charge in [0.2, 0.25) is 11.6 Å². The Morgan fingerprint density at radius 1 is 1.07 bits per heavy atom. The fourth-order valence-corrected chi connectivity index (χ4v) is 2.23. The number of hydrogen-bond acceptors (Lipinski definition) is 9. The Labute approximate surface area is 160 Å². The van der Waals surface area contributed by atoms with Gasteiger partial charge in [0, 0.05) is 28.6 Å². The van der Waals surface area contributed by atoms with Gasteiger partial charge in [-0.25, -0.2) is 15.0 Å². The minimum Gasteiger partial charge on any atom is -0.319 e. The van der Waals surface area contributed by atoms with Gasteiger partial charge in [0.1, 0.15) is 12.1 Å². The number of nitrogens with one attached hydrogen (secondary N) is 3. The molecule has 0 atom stereocenters. The van der Waals surface area contributed by atoms with Crippen LogP contribution in [0.3, 0.4) is 0 Å². The van der Waals surface area contributed by atoms with Crippen LogP contribution in [0.25, 0.3) is 0 Å². The van der Waals surface area contributed by atoms with Crippen molar-refractivity contribution in [3.05, 3.63) is 69.3 Å². The predicted molar refractivity (Wildman–Crippen MR) is 99.2 cm³/mol. The molecule has 0 aliphatic rings. The van der Waals surface area contributed by atoms with E-state index in [1.165, 1.54) is 30.7 Å². The second-order valence-electron chi connectivity index (χ2n) is 4.98. The van der Waals surface area contributed by atoms with Gasteiger partial charge in [-0.15, -0.1) is 0 Å². The highest BCUT2D eigenvalue weighted by Crippen LogP contribution is 2.30. The highest BCUT2D eigenvalue weighted by molar-refractivity contribution is 9.10. The number of carbonyl (C=O) groups is 1. The number of halogens is 1. The summed E-state index contributed by atoms with van der Waals surface area (Å²) in [7, 11) is 0. The Hall–Kier alpha value is -3.67. The van der Waals surface area contributed by atoms with Crippen molar-refractivity contribution < 1.29 is 9.72 Å². The van der Waals surface area contributed by atoms with Crippen molar-refractivity contribution in [1.82, 2.24) is 25.4 Å². The Bertz CT molecular complexity index is 969. The largest absolute Gasteiger partial charge is 0.355 e. The van der Waals surface area contributed by atoms with Gasteiger partial charge in [0.25, 0.3) is 5.91 Å². The maximum Gasteiger partial charge on any atom is 0.355 e. The van der Waals surface area contributed by atoms with Crippen molar-refractivity contribution in [2.75, 3.05) is 10.7 Å². The third-order valence-electron chi connectivity index (χ3n) is 3.22. The first-order valence-corrected chi connectivity index (χ1v) is 8.18. The van der Waals surface area contributed by atoms with Crippen LogP contribution in [0, 0.1) is 10.1 Å². The summed E-state index contributed by atoms with van der Waals surface area (Å²) in [6.07, 6.45) is 5.56. The fourth-order valence-electron chi connectivity index (χ4n) is 2.00. The summed E-state index contributed by atoms with van der Waals surface area (Å²) in [6.45, 7) is 0. The summed E-state index contributed by atoms with van der Waals surface area (Å²) in [5.41, 5.74) is 4.67. The van der Waals surface area contributed by atoms with E-state index in [0.717, 1.165) is 10.8 Å². The monoisotopic (exact) mass is 430 g/mol. The molecule has 3 N–H and O–H groups in total. The van der Waals surface area contributed by atoms with E-state index < -0.39 is 16.5 Å². The molecule has 0 aliphatic carbocycles. The lowest BCUT2D eigenvalue weighted by Crippen LogP contribution is -2.30. The number of hydrazine groups is 1. The average Bonchev–Trinajstić information content (AvgIpc) is 2.68. The molecule has 0 saturated heterocycles. The van der Waals surface area contributed by atoms with E-state index in [9.17, 15) is 14.9 Å². The van der Waals surface area contributed by atoms with Crippen molar-refractivity contribution in [2.45, 2.75) is 0 Å². The van der Waals surface area contributed by atoms with Crippen LogP contribution in [0.15, 0.2) is 53.7 Å². The first-order valence-electron chi connectivity index (χ1n) is 7.39. The number of anilines is 3. The maximum atomic E-state index is 12.1. The van der Waals surface area contributed by atoms with Gasteiger partial charge < -0.3 is 5.32 Å². The second-order valence-corrected chi connectivity index (χ2v) is 5.89. The highest BCUT2D eigenvalue weighted by Gasteiger charge is 2.24. The SMILES string of the molecule is O=C(NNc1ncnc(Nc2ccc(Br)cn2)c1[N+](=O)[O-])c1ccncc1. The van der Waals surface area contributed by atoms with Crippen LogP contribution in [0.4, 0.5) is 23.1 Å². The first-order chi connectivity index (χ1) is 13.0. The molecule has 0 radical (unpaired) electrons. The van der Waals surface area contributed by atoms with Gasteiger partial charge >= 0.3 is 5.69 Å². The van der Waals surface area contributed by atoms with Gasteiger partial charge in [-0.1, -0.05) is 0 Å².